The average molecular weight is 319 g/mol. The topological polar surface area (TPSA) is 25.2 Å². The summed E-state index contributed by atoms with van der Waals surface area (Å²) in [5.74, 6) is 0.0733. The van der Waals surface area contributed by atoms with Crippen LogP contribution in [0.5, 0.6) is 0 Å². The summed E-state index contributed by atoms with van der Waals surface area (Å²) < 4.78 is 3.01. The van der Waals surface area contributed by atoms with Crippen molar-refractivity contribution in [2.45, 2.75) is 19.4 Å². The first-order valence-electron chi connectivity index (χ1n) is 6.37. The number of fused-ring (bicyclic) bond motifs is 3. The van der Waals surface area contributed by atoms with Crippen LogP contribution in [0.15, 0.2) is 41.0 Å². The average Bonchev–Trinajstić information content (AvgIpc) is 2.86. The molecule has 0 fully saturated rings. The number of halogens is 1. The van der Waals surface area contributed by atoms with Gasteiger partial charge in [-0.1, -0.05) is 28.9 Å². The van der Waals surface area contributed by atoms with Gasteiger partial charge in [-0.3, -0.25) is 4.79 Å². The molecule has 0 aliphatic carbocycles. The maximum absolute atomic E-state index is 12.5. The molecule has 0 saturated heterocycles. The zero-order chi connectivity index (χ0) is 13.6. The highest BCUT2D eigenvalue weighted by atomic mass is 79.9. The fraction of sp³-hybridized carbons (Fsp3) is 0.267. The first-order valence-corrected chi connectivity index (χ1v) is 7.17. The standard InChI is InChI=1S/C15H15BrN2O/c1-3-12-11-7-6-10(16)9-14(11)18-8-4-5-13(18)15(19)17(12)2/h4-9,12H,3H2,1-2H3. The highest BCUT2D eigenvalue weighted by molar-refractivity contribution is 9.10. The molecule has 2 aromatic rings. The van der Waals surface area contributed by atoms with E-state index >= 15 is 0 Å². The predicted molar refractivity (Wildman–Crippen MR) is 78.6 cm³/mol. The smallest absolute Gasteiger partial charge is 0.271 e. The van der Waals surface area contributed by atoms with E-state index in [1.54, 1.807) is 0 Å². The molecule has 3 nitrogen and oxygen atoms in total. The fourth-order valence-corrected chi connectivity index (χ4v) is 3.15. The molecule has 1 aliphatic rings. The zero-order valence-electron chi connectivity index (χ0n) is 10.9. The van der Waals surface area contributed by atoms with Gasteiger partial charge in [0.2, 0.25) is 0 Å². The van der Waals surface area contributed by atoms with Gasteiger partial charge in [0.05, 0.1) is 11.7 Å². The van der Waals surface area contributed by atoms with E-state index in [0.29, 0.717) is 0 Å². The molecule has 19 heavy (non-hydrogen) atoms. The minimum absolute atomic E-state index is 0.0733. The summed E-state index contributed by atoms with van der Waals surface area (Å²) in [5, 5.41) is 0. The quantitative estimate of drug-likeness (QED) is 0.785. The second kappa shape index (κ2) is 4.53. The van der Waals surface area contributed by atoms with Crippen LogP contribution in [0.4, 0.5) is 0 Å². The summed E-state index contributed by atoms with van der Waals surface area (Å²) in [6, 6.07) is 10.1. The largest absolute Gasteiger partial charge is 0.333 e. The Balaban J connectivity index is 2.33. The maximum atomic E-state index is 12.5. The van der Waals surface area contributed by atoms with Crippen molar-refractivity contribution < 1.29 is 4.79 Å². The molecule has 1 aromatic carbocycles. The number of carbonyl (C=O) groups excluding carboxylic acids is 1. The lowest BCUT2D eigenvalue weighted by molar-refractivity contribution is 0.0725. The van der Waals surface area contributed by atoms with Crippen molar-refractivity contribution in [3.05, 3.63) is 52.3 Å². The van der Waals surface area contributed by atoms with Gasteiger partial charge >= 0.3 is 0 Å². The van der Waals surface area contributed by atoms with E-state index < -0.39 is 0 Å². The first-order chi connectivity index (χ1) is 9.13. The molecule has 1 aromatic heterocycles. The van der Waals surface area contributed by atoms with Crippen molar-refractivity contribution in [1.82, 2.24) is 9.47 Å². The van der Waals surface area contributed by atoms with Crippen LogP contribution in [-0.2, 0) is 0 Å². The molecule has 0 saturated carbocycles. The molecule has 2 heterocycles. The lowest BCUT2D eigenvalue weighted by Gasteiger charge is -2.26. The van der Waals surface area contributed by atoms with Gasteiger partial charge in [-0.25, -0.2) is 0 Å². The molecule has 0 N–H and O–H groups in total. The van der Waals surface area contributed by atoms with Crippen LogP contribution >= 0.6 is 15.9 Å². The van der Waals surface area contributed by atoms with Crippen molar-refractivity contribution in [1.29, 1.82) is 0 Å². The van der Waals surface area contributed by atoms with E-state index in [-0.39, 0.29) is 11.9 Å². The summed E-state index contributed by atoms with van der Waals surface area (Å²) >= 11 is 3.52. The Morgan fingerprint density at radius 1 is 1.32 bits per heavy atom. The highest BCUT2D eigenvalue weighted by Gasteiger charge is 2.29. The van der Waals surface area contributed by atoms with E-state index in [1.165, 1.54) is 5.56 Å². The molecule has 1 unspecified atom stereocenters. The van der Waals surface area contributed by atoms with Crippen LogP contribution in [0.1, 0.15) is 35.4 Å². The van der Waals surface area contributed by atoms with Crippen LogP contribution in [0.3, 0.4) is 0 Å². The lowest BCUT2D eigenvalue weighted by atomic mass is 10.0. The molecule has 1 atom stereocenters. The normalized spacial score (nSPS) is 17.9. The van der Waals surface area contributed by atoms with Crippen LogP contribution < -0.4 is 0 Å². The van der Waals surface area contributed by atoms with Crippen LogP contribution in [0, 0.1) is 0 Å². The van der Waals surface area contributed by atoms with Crippen molar-refractivity contribution >= 4 is 21.8 Å². The van der Waals surface area contributed by atoms with Gasteiger partial charge in [-0.15, -0.1) is 0 Å². The van der Waals surface area contributed by atoms with E-state index in [9.17, 15) is 4.79 Å². The molecule has 98 valence electrons. The molecule has 0 spiro atoms. The third-order valence-electron chi connectivity index (χ3n) is 3.75. The number of nitrogens with zero attached hydrogens (tertiary/aromatic N) is 2. The molecular formula is C15H15BrN2O. The molecule has 1 amide bonds. The Kier molecular flexibility index (Phi) is 2.97. The molecule has 0 bridgehead atoms. The maximum Gasteiger partial charge on any atom is 0.271 e. The van der Waals surface area contributed by atoms with Crippen LogP contribution in [0.25, 0.3) is 5.69 Å². The van der Waals surface area contributed by atoms with Crippen LogP contribution in [0.2, 0.25) is 0 Å². The van der Waals surface area contributed by atoms with Crippen molar-refractivity contribution in [2.24, 2.45) is 0 Å². The summed E-state index contributed by atoms with van der Waals surface area (Å²) in [5.41, 5.74) is 2.99. The monoisotopic (exact) mass is 318 g/mol. The van der Waals surface area contributed by atoms with E-state index in [4.69, 9.17) is 0 Å². The Bertz CT molecular complexity index is 647. The zero-order valence-corrected chi connectivity index (χ0v) is 12.5. The molecule has 4 heteroatoms. The fourth-order valence-electron chi connectivity index (χ4n) is 2.80. The number of amides is 1. The van der Waals surface area contributed by atoms with Gasteiger partial charge in [-0.2, -0.15) is 0 Å². The van der Waals surface area contributed by atoms with Gasteiger partial charge in [0.1, 0.15) is 5.69 Å². The number of hydrogen-bond acceptors (Lipinski definition) is 1. The minimum Gasteiger partial charge on any atom is -0.333 e. The van der Waals surface area contributed by atoms with Crippen molar-refractivity contribution in [3.63, 3.8) is 0 Å². The van der Waals surface area contributed by atoms with Crippen molar-refractivity contribution in [2.75, 3.05) is 7.05 Å². The van der Waals surface area contributed by atoms with E-state index in [0.717, 1.165) is 22.3 Å². The van der Waals surface area contributed by atoms with Gasteiger partial charge in [-0.05, 0) is 36.2 Å². The van der Waals surface area contributed by atoms with Gasteiger partial charge in [0.15, 0.2) is 0 Å². The molecular weight excluding hydrogens is 304 g/mol. The number of hydrogen-bond donors (Lipinski definition) is 0. The third kappa shape index (κ3) is 1.82. The van der Waals surface area contributed by atoms with Crippen LogP contribution in [-0.4, -0.2) is 22.4 Å². The summed E-state index contributed by atoms with van der Waals surface area (Å²) in [6.07, 6.45) is 2.85. The Morgan fingerprint density at radius 3 is 2.84 bits per heavy atom. The van der Waals surface area contributed by atoms with Gasteiger partial charge < -0.3 is 9.47 Å². The minimum atomic E-state index is 0.0733. The first kappa shape index (κ1) is 12.5. The second-order valence-electron chi connectivity index (χ2n) is 4.81. The number of benzene rings is 1. The Morgan fingerprint density at radius 2 is 2.11 bits per heavy atom. The number of aromatic nitrogens is 1. The lowest BCUT2D eigenvalue weighted by Crippen LogP contribution is -2.29. The second-order valence-corrected chi connectivity index (χ2v) is 5.72. The third-order valence-corrected chi connectivity index (χ3v) is 4.25. The number of carbonyl (C=O) groups is 1. The summed E-state index contributed by atoms with van der Waals surface area (Å²) in [7, 11) is 1.88. The highest BCUT2D eigenvalue weighted by Crippen LogP contribution is 2.35. The summed E-state index contributed by atoms with van der Waals surface area (Å²) in [4.78, 5) is 14.4. The van der Waals surface area contributed by atoms with Gasteiger partial charge in [0, 0.05) is 17.7 Å². The van der Waals surface area contributed by atoms with Gasteiger partial charge in [0.25, 0.3) is 5.91 Å². The van der Waals surface area contributed by atoms with E-state index in [2.05, 4.69) is 35.0 Å². The Hall–Kier alpha value is -1.55. The molecule has 0 radical (unpaired) electrons. The van der Waals surface area contributed by atoms with E-state index in [1.807, 2.05) is 40.9 Å². The molecule has 1 aliphatic heterocycles. The predicted octanol–water partition coefficient (Wildman–Crippen LogP) is 3.78. The van der Waals surface area contributed by atoms with Crippen molar-refractivity contribution in [3.8, 4) is 5.69 Å². The molecule has 3 rings (SSSR count). The number of rotatable bonds is 1. The Labute approximate surface area is 121 Å². The SMILES string of the molecule is CCC1c2ccc(Br)cc2-n2cccc2C(=O)N1C. The summed E-state index contributed by atoms with van der Waals surface area (Å²) in [6.45, 7) is 2.11.